The molecule has 0 aliphatic carbocycles. The third-order valence-electron chi connectivity index (χ3n) is 1.12. The zero-order valence-electron chi connectivity index (χ0n) is 8.92. The van der Waals surface area contributed by atoms with E-state index in [0.29, 0.717) is 0 Å². The van der Waals surface area contributed by atoms with Crippen LogP contribution >= 0.6 is 18.4 Å². The van der Waals surface area contributed by atoms with E-state index in [1.54, 1.807) is 0 Å². The molecule has 0 aromatic carbocycles. The Bertz CT molecular complexity index is 62.4. The highest BCUT2D eigenvalue weighted by atomic mass is 31.1. The molecule has 0 aliphatic rings. The molecule has 0 saturated carbocycles. The first-order valence-corrected chi connectivity index (χ1v) is 5.68. The van der Waals surface area contributed by atoms with Gasteiger partial charge >= 0.3 is 0 Å². The van der Waals surface area contributed by atoms with Gasteiger partial charge in [-0.15, -0.1) is 0 Å². The lowest BCUT2D eigenvalue weighted by molar-refractivity contribution is 0.807. The SMILES string of the molecule is CCCCN.CCCCN.P=NP. The van der Waals surface area contributed by atoms with Gasteiger partial charge in [0.15, 0.2) is 0 Å². The fourth-order valence-corrected chi connectivity index (χ4v) is 0.408. The van der Waals surface area contributed by atoms with Crippen molar-refractivity contribution in [3.63, 3.8) is 0 Å². The fraction of sp³-hybridized carbons (Fsp3) is 1.00. The monoisotopic (exact) mass is 225 g/mol. The van der Waals surface area contributed by atoms with Gasteiger partial charge in [-0.05, 0) is 44.4 Å². The average Bonchev–Trinajstić information content (AvgIpc) is 2.09. The van der Waals surface area contributed by atoms with Crippen molar-refractivity contribution in [3.05, 3.63) is 0 Å². The van der Waals surface area contributed by atoms with E-state index < -0.39 is 0 Å². The Morgan fingerprint density at radius 1 is 1.08 bits per heavy atom. The molecule has 0 aromatic rings. The van der Waals surface area contributed by atoms with Crippen LogP contribution in [0.3, 0.4) is 0 Å². The van der Waals surface area contributed by atoms with E-state index in [2.05, 4.69) is 36.8 Å². The summed E-state index contributed by atoms with van der Waals surface area (Å²) in [5.41, 5.74) is 10.3. The van der Waals surface area contributed by atoms with Crippen molar-refractivity contribution in [1.29, 1.82) is 0 Å². The van der Waals surface area contributed by atoms with Crippen molar-refractivity contribution in [1.82, 2.24) is 0 Å². The van der Waals surface area contributed by atoms with Crippen LogP contribution in [-0.4, -0.2) is 13.1 Å². The maximum atomic E-state index is 5.14. The van der Waals surface area contributed by atoms with Crippen LogP contribution in [0.25, 0.3) is 0 Å². The van der Waals surface area contributed by atoms with Gasteiger partial charge in [-0.2, -0.15) is 0 Å². The van der Waals surface area contributed by atoms with E-state index in [-0.39, 0.29) is 0 Å². The van der Waals surface area contributed by atoms with E-state index >= 15 is 0 Å². The Hall–Kier alpha value is 0.450. The summed E-state index contributed by atoms with van der Waals surface area (Å²) < 4.78 is 3.22. The Morgan fingerprint density at radius 3 is 1.31 bits per heavy atom. The highest BCUT2D eigenvalue weighted by Gasteiger charge is 1.68. The highest BCUT2D eigenvalue weighted by molar-refractivity contribution is 7.23. The second-order valence-electron chi connectivity index (χ2n) is 2.41. The summed E-state index contributed by atoms with van der Waals surface area (Å²) in [6.07, 6.45) is 4.77. The van der Waals surface area contributed by atoms with Gasteiger partial charge in [-0.3, -0.25) is 4.52 Å². The number of hydrogen-bond donors (Lipinski definition) is 2. The predicted octanol–water partition coefficient (Wildman–Crippen LogP) is 2.59. The van der Waals surface area contributed by atoms with Gasteiger partial charge < -0.3 is 11.5 Å². The zero-order valence-corrected chi connectivity index (χ0v) is 11.1. The molecular formula is C8H25N3P2. The topological polar surface area (TPSA) is 64.4 Å². The summed E-state index contributed by atoms with van der Waals surface area (Å²) in [6.45, 7) is 5.95. The first-order chi connectivity index (χ1) is 6.24. The Kier molecular flexibility index (Phi) is 43.2. The summed E-state index contributed by atoms with van der Waals surface area (Å²) in [5, 5.41) is 0. The van der Waals surface area contributed by atoms with Crippen LogP contribution in [0.5, 0.6) is 0 Å². The Morgan fingerprint density at radius 2 is 1.31 bits per heavy atom. The van der Waals surface area contributed by atoms with Crippen LogP contribution in [-0.2, 0) is 0 Å². The molecule has 0 saturated heterocycles. The molecule has 0 spiro atoms. The van der Waals surface area contributed by atoms with Gasteiger partial charge in [0.1, 0.15) is 0 Å². The van der Waals surface area contributed by atoms with Crippen molar-refractivity contribution in [2.24, 2.45) is 16.0 Å². The second-order valence-corrected chi connectivity index (χ2v) is 3.45. The number of nitrogens with two attached hydrogens (primary N) is 2. The number of unbranched alkanes of at least 4 members (excludes halogenated alkanes) is 2. The zero-order chi connectivity index (χ0) is 10.9. The van der Waals surface area contributed by atoms with Crippen LogP contribution in [0.1, 0.15) is 39.5 Å². The van der Waals surface area contributed by atoms with Crippen LogP contribution < -0.4 is 11.5 Å². The van der Waals surface area contributed by atoms with E-state index in [4.69, 9.17) is 11.5 Å². The van der Waals surface area contributed by atoms with Crippen molar-refractivity contribution in [3.8, 4) is 0 Å². The quantitative estimate of drug-likeness (QED) is 0.722. The summed E-state index contributed by atoms with van der Waals surface area (Å²) in [7, 11) is 4.89. The van der Waals surface area contributed by atoms with Crippen LogP contribution in [0.15, 0.2) is 4.52 Å². The minimum atomic E-state index is 0.844. The number of nitrogens with zero attached hydrogens (tertiary/aromatic N) is 1. The number of hydrogen-bond acceptors (Lipinski definition) is 3. The maximum absolute atomic E-state index is 5.14. The minimum Gasteiger partial charge on any atom is -0.330 e. The van der Waals surface area contributed by atoms with Crippen molar-refractivity contribution < 1.29 is 0 Å². The normalized spacial score (nSPS) is 7.46. The molecule has 1 unspecified atom stereocenters. The molecule has 1 atom stereocenters. The standard InChI is InChI=1S/2C4H11N.H3NP2/c2*1-2-3-4-5;2-1-3/h2*2-5H2,1H3;2H,3H2. The second kappa shape index (κ2) is 29.4. The lowest BCUT2D eigenvalue weighted by Gasteiger charge is -1.80. The third-order valence-corrected chi connectivity index (χ3v) is 1.12. The van der Waals surface area contributed by atoms with Gasteiger partial charge in [-0.1, -0.05) is 26.7 Å². The molecule has 0 rings (SSSR count). The van der Waals surface area contributed by atoms with Crippen LogP contribution in [0.2, 0.25) is 0 Å². The van der Waals surface area contributed by atoms with Gasteiger partial charge in [0.25, 0.3) is 0 Å². The van der Waals surface area contributed by atoms with E-state index in [1.807, 2.05) is 0 Å². The molecule has 0 radical (unpaired) electrons. The molecule has 0 aromatic heterocycles. The molecule has 13 heavy (non-hydrogen) atoms. The first kappa shape index (κ1) is 19.1. The Labute approximate surface area is 87.6 Å². The van der Waals surface area contributed by atoms with E-state index in [9.17, 15) is 0 Å². The molecule has 0 bridgehead atoms. The molecule has 0 fully saturated rings. The predicted molar refractivity (Wildman–Crippen MR) is 68.4 cm³/mol. The van der Waals surface area contributed by atoms with Crippen LogP contribution in [0, 0.1) is 0 Å². The number of rotatable bonds is 4. The lowest BCUT2D eigenvalue weighted by Crippen LogP contribution is -1.95. The Balaban J connectivity index is -0.000000120. The van der Waals surface area contributed by atoms with Crippen molar-refractivity contribution in [2.45, 2.75) is 39.5 Å². The molecular weight excluding hydrogens is 200 g/mol. The maximum Gasteiger partial charge on any atom is -0.00774 e. The van der Waals surface area contributed by atoms with E-state index in [1.165, 1.54) is 25.7 Å². The summed E-state index contributed by atoms with van der Waals surface area (Å²) in [5.74, 6) is 0. The van der Waals surface area contributed by atoms with Gasteiger partial charge in [0, 0.05) is 0 Å². The average molecular weight is 225 g/mol. The molecule has 5 heteroatoms. The molecule has 0 heterocycles. The fourth-order valence-electron chi connectivity index (χ4n) is 0.408. The van der Waals surface area contributed by atoms with Gasteiger partial charge in [0.05, 0.1) is 0 Å². The lowest BCUT2D eigenvalue weighted by atomic mass is 10.3. The molecule has 0 amide bonds. The summed E-state index contributed by atoms with van der Waals surface area (Å²) in [6, 6.07) is 0. The summed E-state index contributed by atoms with van der Waals surface area (Å²) >= 11 is 0. The minimum absolute atomic E-state index is 0.844. The molecule has 0 aliphatic heterocycles. The molecule has 3 nitrogen and oxygen atoms in total. The smallest absolute Gasteiger partial charge is 0.00774 e. The van der Waals surface area contributed by atoms with Gasteiger partial charge in [0.2, 0.25) is 0 Å². The molecule has 4 N–H and O–H groups in total. The highest BCUT2D eigenvalue weighted by Crippen LogP contribution is 1.79. The van der Waals surface area contributed by atoms with Crippen molar-refractivity contribution >= 4 is 18.4 Å². The van der Waals surface area contributed by atoms with Crippen molar-refractivity contribution in [2.75, 3.05) is 13.1 Å². The van der Waals surface area contributed by atoms with Gasteiger partial charge in [-0.25, -0.2) is 0 Å². The summed E-state index contributed by atoms with van der Waals surface area (Å²) in [4.78, 5) is 0. The largest absolute Gasteiger partial charge is 0.330 e. The molecule has 82 valence electrons. The third kappa shape index (κ3) is 68.7. The first-order valence-electron chi connectivity index (χ1n) is 4.71. The van der Waals surface area contributed by atoms with Crippen LogP contribution in [0.4, 0.5) is 0 Å². The van der Waals surface area contributed by atoms with E-state index in [0.717, 1.165) is 13.1 Å².